The summed E-state index contributed by atoms with van der Waals surface area (Å²) in [5.41, 5.74) is 3.13. The average Bonchev–Trinajstić information content (AvgIpc) is 3.10. The highest BCUT2D eigenvalue weighted by Crippen LogP contribution is 2.29. The summed E-state index contributed by atoms with van der Waals surface area (Å²) in [7, 11) is 3.47. The zero-order valence-electron chi connectivity index (χ0n) is 11.8. The molecule has 0 bridgehead atoms. The quantitative estimate of drug-likeness (QED) is 0.749. The first-order valence-corrected chi connectivity index (χ1v) is 6.48. The molecule has 5 nitrogen and oxygen atoms in total. The van der Waals surface area contributed by atoms with Gasteiger partial charge >= 0.3 is 0 Å². The molecule has 1 aromatic carbocycles. The summed E-state index contributed by atoms with van der Waals surface area (Å²) in [5.74, 6) is 0.762. The number of nitrogens with zero attached hydrogens (tertiary/aromatic N) is 3. The van der Waals surface area contributed by atoms with E-state index in [0.717, 1.165) is 27.9 Å². The van der Waals surface area contributed by atoms with Crippen molar-refractivity contribution in [1.82, 2.24) is 14.8 Å². The molecule has 0 aliphatic heterocycles. The molecular weight excluding hydrogens is 264 g/mol. The number of H-pyrrole nitrogens is 1. The van der Waals surface area contributed by atoms with Crippen molar-refractivity contribution < 1.29 is 4.74 Å². The smallest absolute Gasteiger partial charge is 0.119 e. The first-order valence-electron chi connectivity index (χ1n) is 6.48. The lowest BCUT2D eigenvalue weighted by Gasteiger charge is -2.01. The van der Waals surface area contributed by atoms with Crippen LogP contribution in [0.4, 0.5) is 0 Å². The van der Waals surface area contributed by atoms with Crippen LogP contribution in [0.15, 0.2) is 36.7 Å². The number of hydrogen-bond acceptors (Lipinski definition) is 3. The molecule has 3 aromatic rings. The summed E-state index contributed by atoms with van der Waals surface area (Å²) in [5, 5.41) is 14.7. The van der Waals surface area contributed by atoms with Gasteiger partial charge in [-0.15, -0.1) is 0 Å². The number of hydrogen-bond donors (Lipinski definition) is 1. The maximum atomic E-state index is 9.45. The van der Waals surface area contributed by atoms with E-state index in [9.17, 15) is 5.26 Å². The van der Waals surface area contributed by atoms with Crippen LogP contribution in [-0.4, -0.2) is 21.9 Å². The van der Waals surface area contributed by atoms with Gasteiger partial charge in [0.1, 0.15) is 5.75 Å². The van der Waals surface area contributed by atoms with E-state index in [4.69, 9.17) is 4.74 Å². The highest BCUT2D eigenvalue weighted by Gasteiger charge is 2.10. The molecule has 5 heteroatoms. The van der Waals surface area contributed by atoms with Gasteiger partial charge in [-0.2, -0.15) is 10.4 Å². The molecule has 0 atom stereocenters. The van der Waals surface area contributed by atoms with Gasteiger partial charge in [-0.3, -0.25) is 4.68 Å². The summed E-state index contributed by atoms with van der Waals surface area (Å²) in [4.78, 5) is 3.17. The summed E-state index contributed by atoms with van der Waals surface area (Å²) < 4.78 is 6.96. The molecule has 2 aromatic heterocycles. The van der Waals surface area contributed by atoms with E-state index in [0.29, 0.717) is 5.57 Å². The lowest BCUT2D eigenvalue weighted by atomic mass is 10.0. The first-order chi connectivity index (χ1) is 10.2. The van der Waals surface area contributed by atoms with Gasteiger partial charge in [-0.25, -0.2) is 0 Å². The number of nitriles is 1. The standard InChI is InChI=1S/C16H14N4O/c1-20-6-5-12(19-20)7-11(9-17)15-10-18-16-4-3-13(21-2)8-14(15)16/h3-8,10,18H,1-2H3/b11-7+. The highest BCUT2D eigenvalue weighted by atomic mass is 16.5. The fourth-order valence-corrected chi connectivity index (χ4v) is 2.28. The van der Waals surface area contributed by atoms with Crippen LogP contribution in [-0.2, 0) is 7.05 Å². The molecule has 0 saturated heterocycles. The predicted octanol–water partition coefficient (Wildman–Crippen LogP) is 2.97. The number of rotatable bonds is 3. The second-order valence-corrected chi connectivity index (χ2v) is 4.70. The van der Waals surface area contributed by atoms with Crippen LogP contribution in [0.25, 0.3) is 22.6 Å². The van der Waals surface area contributed by atoms with Crippen molar-refractivity contribution in [2.45, 2.75) is 0 Å². The minimum absolute atomic E-state index is 0.563. The molecule has 104 valence electrons. The molecule has 2 heterocycles. The fourth-order valence-electron chi connectivity index (χ4n) is 2.28. The van der Waals surface area contributed by atoms with Crippen molar-refractivity contribution in [2.24, 2.45) is 7.05 Å². The minimum Gasteiger partial charge on any atom is -0.497 e. The Kier molecular flexibility index (Phi) is 3.20. The Balaban J connectivity index is 2.13. The molecule has 0 unspecified atom stereocenters. The van der Waals surface area contributed by atoms with Gasteiger partial charge in [0.05, 0.1) is 24.4 Å². The Labute approximate surface area is 122 Å². The van der Waals surface area contributed by atoms with Gasteiger partial charge in [-0.1, -0.05) is 0 Å². The Morgan fingerprint density at radius 3 is 2.95 bits per heavy atom. The van der Waals surface area contributed by atoms with Gasteiger partial charge in [0, 0.05) is 35.9 Å². The largest absolute Gasteiger partial charge is 0.497 e. The van der Waals surface area contributed by atoms with Crippen LogP contribution >= 0.6 is 0 Å². The number of methoxy groups -OCH3 is 1. The summed E-state index contributed by atoms with van der Waals surface area (Å²) in [6.07, 6.45) is 5.46. The van der Waals surface area contributed by atoms with Crippen molar-refractivity contribution in [3.8, 4) is 11.8 Å². The molecular formula is C16H14N4O. The normalized spacial score (nSPS) is 11.6. The second kappa shape index (κ2) is 5.17. The Morgan fingerprint density at radius 2 is 2.29 bits per heavy atom. The van der Waals surface area contributed by atoms with E-state index >= 15 is 0 Å². The molecule has 21 heavy (non-hydrogen) atoms. The number of aromatic amines is 1. The molecule has 0 radical (unpaired) electrons. The SMILES string of the molecule is COc1ccc2[nH]cc(/C(C#N)=C/c3ccn(C)n3)c2c1. The molecule has 0 fully saturated rings. The maximum Gasteiger partial charge on any atom is 0.119 e. The fraction of sp³-hybridized carbons (Fsp3) is 0.125. The number of fused-ring (bicyclic) bond motifs is 1. The van der Waals surface area contributed by atoms with Crippen molar-refractivity contribution in [3.63, 3.8) is 0 Å². The number of aromatic nitrogens is 3. The van der Waals surface area contributed by atoms with Crippen LogP contribution in [0.5, 0.6) is 5.75 Å². The number of nitrogens with one attached hydrogen (secondary N) is 1. The molecule has 0 saturated carbocycles. The molecule has 3 rings (SSSR count). The topological polar surface area (TPSA) is 66.6 Å². The summed E-state index contributed by atoms with van der Waals surface area (Å²) in [6, 6.07) is 9.86. The summed E-state index contributed by atoms with van der Waals surface area (Å²) in [6.45, 7) is 0. The van der Waals surface area contributed by atoms with E-state index in [1.54, 1.807) is 17.9 Å². The second-order valence-electron chi connectivity index (χ2n) is 4.70. The zero-order valence-corrected chi connectivity index (χ0v) is 11.8. The highest BCUT2D eigenvalue weighted by molar-refractivity contribution is 6.01. The Bertz CT molecular complexity index is 864. The lowest BCUT2D eigenvalue weighted by Crippen LogP contribution is -1.88. The molecule has 1 N–H and O–H groups in total. The van der Waals surface area contributed by atoms with Gasteiger partial charge in [0.15, 0.2) is 0 Å². The number of ether oxygens (including phenoxy) is 1. The molecule has 0 aliphatic rings. The Hall–Kier alpha value is -3.00. The van der Waals surface area contributed by atoms with Crippen LogP contribution < -0.4 is 4.74 Å². The van der Waals surface area contributed by atoms with E-state index in [1.807, 2.05) is 43.7 Å². The summed E-state index contributed by atoms with van der Waals surface area (Å²) >= 11 is 0. The minimum atomic E-state index is 0.563. The van der Waals surface area contributed by atoms with E-state index in [-0.39, 0.29) is 0 Å². The predicted molar refractivity (Wildman–Crippen MR) is 81.5 cm³/mol. The van der Waals surface area contributed by atoms with E-state index in [2.05, 4.69) is 16.2 Å². The maximum absolute atomic E-state index is 9.45. The number of aryl methyl sites for hydroxylation is 1. The van der Waals surface area contributed by atoms with E-state index in [1.165, 1.54) is 0 Å². The third-order valence-electron chi connectivity index (χ3n) is 3.33. The average molecular weight is 278 g/mol. The van der Waals surface area contributed by atoms with Crippen LogP contribution in [0.1, 0.15) is 11.3 Å². The van der Waals surface area contributed by atoms with Crippen molar-refractivity contribution in [3.05, 3.63) is 47.9 Å². The molecule has 0 aliphatic carbocycles. The molecule has 0 spiro atoms. The monoisotopic (exact) mass is 278 g/mol. The molecule has 0 amide bonds. The van der Waals surface area contributed by atoms with Crippen molar-refractivity contribution >= 4 is 22.6 Å². The lowest BCUT2D eigenvalue weighted by molar-refractivity contribution is 0.415. The van der Waals surface area contributed by atoms with E-state index < -0.39 is 0 Å². The van der Waals surface area contributed by atoms with Crippen molar-refractivity contribution in [1.29, 1.82) is 5.26 Å². The third-order valence-corrected chi connectivity index (χ3v) is 3.33. The Morgan fingerprint density at radius 1 is 1.43 bits per heavy atom. The van der Waals surface area contributed by atoms with Crippen molar-refractivity contribution in [2.75, 3.05) is 7.11 Å². The van der Waals surface area contributed by atoms with Gasteiger partial charge in [0.2, 0.25) is 0 Å². The van der Waals surface area contributed by atoms with Crippen LogP contribution in [0, 0.1) is 11.3 Å². The number of benzene rings is 1. The van der Waals surface area contributed by atoms with Gasteiger partial charge < -0.3 is 9.72 Å². The van der Waals surface area contributed by atoms with Crippen LogP contribution in [0.2, 0.25) is 0 Å². The number of allylic oxidation sites excluding steroid dienone is 1. The van der Waals surface area contributed by atoms with Crippen LogP contribution in [0.3, 0.4) is 0 Å². The van der Waals surface area contributed by atoms with Gasteiger partial charge in [-0.05, 0) is 30.3 Å². The third kappa shape index (κ3) is 2.39. The first kappa shape index (κ1) is 13.0. The zero-order chi connectivity index (χ0) is 14.8. The van der Waals surface area contributed by atoms with Gasteiger partial charge in [0.25, 0.3) is 0 Å².